The number of amides is 1. The van der Waals surface area contributed by atoms with Gasteiger partial charge >= 0.3 is 0 Å². The first-order valence-electron chi connectivity index (χ1n) is 9.40. The lowest BCUT2D eigenvalue weighted by Crippen LogP contribution is -2.48. The molecule has 4 rings (SSSR count). The highest BCUT2D eigenvalue weighted by molar-refractivity contribution is 7.99. The number of thioether (sulfide) groups is 1. The summed E-state index contributed by atoms with van der Waals surface area (Å²) in [6, 6.07) is 18.3. The molecule has 0 radical (unpaired) electrons. The molecule has 0 bridgehead atoms. The molecule has 1 aromatic heterocycles. The smallest absolute Gasteiger partial charge is 0.251 e. The van der Waals surface area contributed by atoms with Gasteiger partial charge in [-0.05, 0) is 29.8 Å². The highest BCUT2D eigenvalue weighted by Gasteiger charge is 2.23. The van der Waals surface area contributed by atoms with Gasteiger partial charge in [-0.1, -0.05) is 35.5 Å². The Kier molecular flexibility index (Phi) is 6.04. The normalized spacial score (nSPS) is 17.4. The first-order chi connectivity index (χ1) is 13.8. The van der Waals surface area contributed by atoms with E-state index in [-0.39, 0.29) is 5.91 Å². The molecule has 1 aliphatic heterocycles. The van der Waals surface area contributed by atoms with E-state index in [4.69, 9.17) is 0 Å². The Morgan fingerprint density at radius 1 is 1.14 bits per heavy atom. The average Bonchev–Trinajstić information content (AvgIpc) is 3.29. The molecule has 0 unspecified atom stereocenters. The highest BCUT2D eigenvalue weighted by Crippen LogP contribution is 2.19. The number of hydrogen-bond acceptors (Lipinski definition) is 5. The van der Waals surface area contributed by atoms with E-state index in [1.54, 1.807) is 17.1 Å². The number of benzene rings is 2. The number of nitrogens with zero attached hydrogens (tertiary/aromatic N) is 4. The van der Waals surface area contributed by atoms with Crippen LogP contribution in [0.4, 0.5) is 0 Å². The molecule has 0 saturated carbocycles. The molecular formula is C21H23N5OS. The molecule has 1 N–H and O–H groups in total. The van der Waals surface area contributed by atoms with Crippen LogP contribution in [0.15, 0.2) is 67.0 Å². The second-order valence-electron chi connectivity index (χ2n) is 6.79. The number of aromatic nitrogens is 3. The Balaban J connectivity index is 1.35. The topological polar surface area (TPSA) is 63.1 Å². The van der Waals surface area contributed by atoms with Crippen molar-refractivity contribution in [2.45, 2.75) is 12.6 Å². The minimum atomic E-state index is -0.0413. The van der Waals surface area contributed by atoms with E-state index in [1.807, 2.05) is 42.1 Å². The van der Waals surface area contributed by atoms with Crippen LogP contribution in [-0.2, 0) is 6.54 Å². The lowest BCUT2D eigenvalue weighted by molar-refractivity contribution is 0.0935. The van der Waals surface area contributed by atoms with Gasteiger partial charge in [0.2, 0.25) is 0 Å². The Hall–Kier alpha value is -2.64. The summed E-state index contributed by atoms with van der Waals surface area (Å²) < 4.78 is 1.67. The fraction of sp³-hybridized carbons (Fsp3) is 0.286. The third-order valence-electron chi connectivity index (χ3n) is 4.89. The summed E-state index contributed by atoms with van der Waals surface area (Å²) in [6.07, 6.45) is 3.40. The molecule has 28 heavy (non-hydrogen) atoms. The van der Waals surface area contributed by atoms with Crippen molar-refractivity contribution in [3.8, 4) is 5.69 Å². The zero-order chi connectivity index (χ0) is 19.2. The maximum atomic E-state index is 12.6. The predicted molar refractivity (Wildman–Crippen MR) is 112 cm³/mol. The first kappa shape index (κ1) is 18.7. The van der Waals surface area contributed by atoms with Crippen LogP contribution >= 0.6 is 11.8 Å². The number of hydrogen-bond donors (Lipinski definition) is 1. The minimum Gasteiger partial charge on any atom is -0.350 e. The van der Waals surface area contributed by atoms with E-state index in [1.165, 1.54) is 5.56 Å². The van der Waals surface area contributed by atoms with Gasteiger partial charge in [-0.15, -0.1) is 5.10 Å². The number of rotatable bonds is 6. The van der Waals surface area contributed by atoms with Crippen molar-refractivity contribution in [3.63, 3.8) is 0 Å². The van der Waals surface area contributed by atoms with Crippen molar-refractivity contribution in [3.05, 3.63) is 78.1 Å². The zero-order valence-electron chi connectivity index (χ0n) is 15.6. The fourth-order valence-corrected chi connectivity index (χ4v) is 4.46. The monoisotopic (exact) mass is 393 g/mol. The van der Waals surface area contributed by atoms with Crippen LogP contribution < -0.4 is 5.32 Å². The molecule has 7 heteroatoms. The van der Waals surface area contributed by atoms with E-state index in [0.29, 0.717) is 18.2 Å². The molecule has 2 aromatic carbocycles. The lowest BCUT2D eigenvalue weighted by atomic mass is 10.1. The number of carbonyl (C=O) groups excluding carboxylic acids is 1. The lowest BCUT2D eigenvalue weighted by Gasteiger charge is -2.35. The third kappa shape index (κ3) is 4.61. The molecule has 1 amide bonds. The Morgan fingerprint density at radius 3 is 2.71 bits per heavy atom. The van der Waals surface area contributed by atoms with Gasteiger partial charge in [-0.2, -0.15) is 11.8 Å². The fourth-order valence-electron chi connectivity index (χ4n) is 3.33. The van der Waals surface area contributed by atoms with Crippen LogP contribution in [0, 0.1) is 0 Å². The summed E-state index contributed by atoms with van der Waals surface area (Å²) in [7, 11) is 0. The van der Waals surface area contributed by atoms with Crippen LogP contribution in [0.5, 0.6) is 0 Å². The minimum absolute atomic E-state index is 0.0413. The van der Waals surface area contributed by atoms with Crippen molar-refractivity contribution in [1.29, 1.82) is 0 Å². The summed E-state index contributed by atoms with van der Waals surface area (Å²) >= 11 is 1.96. The van der Waals surface area contributed by atoms with E-state index < -0.39 is 0 Å². The summed E-state index contributed by atoms with van der Waals surface area (Å²) in [5.74, 6) is 2.14. The molecule has 3 aromatic rings. The molecule has 2 heterocycles. The molecule has 0 aliphatic carbocycles. The van der Waals surface area contributed by atoms with Gasteiger partial charge < -0.3 is 5.32 Å². The van der Waals surface area contributed by atoms with Gasteiger partial charge in [-0.25, -0.2) is 4.68 Å². The van der Waals surface area contributed by atoms with Gasteiger partial charge in [-0.3, -0.25) is 9.69 Å². The Bertz CT molecular complexity index is 883. The van der Waals surface area contributed by atoms with Gasteiger partial charge in [0, 0.05) is 42.7 Å². The number of carbonyl (C=O) groups is 1. The van der Waals surface area contributed by atoms with Gasteiger partial charge in [0.25, 0.3) is 5.91 Å². The largest absolute Gasteiger partial charge is 0.350 e. The van der Waals surface area contributed by atoms with E-state index in [2.05, 4.69) is 44.8 Å². The molecule has 1 atom stereocenters. The van der Waals surface area contributed by atoms with Crippen LogP contribution in [-0.4, -0.2) is 56.4 Å². The Labute approximate surface area is 168 Å². The summed E-state index contributed by atoms with van der Waals surface area (Å²) in [5.41, 5.74) is 2.85. The summed E-state index contributed by atoms with van der Waals surface area (Å²) in [6.45, 7) is 2.63. The molecule has 144 valence electrons. The van der Waals surface area contributed by atoms with Gasteiger partial charge in [0.15, 0.2) is 0 Å². The second-order valence-corrected chi connectivity index (χ2v) is 7.94. The molecule has 6 nitrogen and oxygen atoms in total. The van der Waals surface area contributed by atoms with E-state index >= 15 is 0 Å². The van der Waals surface area contributed by atoms with Crippen molar-refractivity contribution in [1.82, 2.24) is 25.2 Å². The molecule has 1 fully saturated rings. The van der Waals surface area contributed by atoms with Crippen molar-refractivity contribution >= 4 is 17.7 Å². The van der Waals surface area contributed by atoms with Crippen molar-refractivity contribution in [2.24, 2.45) is 0 Å². The molecule has 1 saturated heterocycles. The predicted octanol–water partition coefficient (Wildman–Crippen LogP) is 2.61. The van der Waals surface area contributed by atoms with E-state index in [9.17, 15) is 4.79 Å². The highest BCUT2D eigenvalue weighted by atomic mass is 32.2. The maximum Gasteiger partial charge on any atom is 0.251 e. The SMILES string of the molecule is O=C(NC[C@@H]1CSCCN1Cc1ccccc1)c1ccc(-n2ccnn2)cc1. The quantitative estimate of drug-likeness (QED) is 0.698. The van der Waals surface area contributed by atoms with Crippen LogP contribution in [0.25, 0.3) is 5.69 Å². The average molecular weight is 394 g/mol. The molecule has 0 spiro atoms. The number of nitrogens with one attached hydrogen (secondary N) is 1. The van der Waals surface area contributed by atoms with Crippen LogP contribution in [0.1, 0.15) is 15.9 Å². The standard InChI is InChI=1S/C21H23N5OS/c27-21(18-6-8-19(9-7-18)26-11-10-23-24-26)22-14-20-16-28-13-12-25(20)15-17-4-2-1-3-5-17/h1-11,20H,12-16H2,(H,22,27)/t20-/m1/s1. The second kappa shape index (κ2) is 9.03. The maximum absolute atomic E-state index is 12.6. The third-order valence-corrected chi connectivity index (χ3v) is 5.98. The van der Waals surface area contributed by atoms with Crippen molar-refractivity contribution < 1.29 is 4.79 Å². The summed E-state index contributed by atoms with van der Waals surface area (Å²) in [5, 5.41) is 10.9. The zero-order valence-corrected chi connectivity index (χ0v) is 16.4. The van der Waals surface area contributed by atoms with Gasteiger partial charge in [0.05, 0.1) is 18.1 Å². The summed E-state index contributed by atoms with van der Waals surface area (Å²) in [4.78, 5) is 15.1. The van der Waals surface area contributed by atoms with Crippen molar-refractivity contribution in [2.75, 3.05) is 24.6 Å². The Morgan fingerprint density at radius 2 is 1.96 bits per heavy atom. The first-order valence-corrected chi connectivity index (χ1v) is 10.6. The molecular weight excluding hydrogens is 370 g/mol. The van der Waals surface area contributed by atoms with Gasteiger partial charge in [0.1, 0.15) is 0 Å². The van der Waals surface area contributed by atoms with E-state index in [0.717, 1.165) is 30.3 Å². The van der Waals surface area contributed by atoms with Crippen LogP contribution in [0.3, 0.4) is 0 Å². The molecule has 1 aliphatic rings. The van der Waals surface area contributed by atoms with Crippen LogP contribution in [0.2, 0.25) is 0 Å².